The smallest absolute Gasteiger partial charge is 0.258 e. The number of amides is 2. The van der Waals surface area contributed by atoms with Crippen molar-refractivity contribution in [2.75, 3.05) is 25.0 Å². The predicted octanol–water partition coefficient (Wildman–Crippen LogP) is 2.59. The molecule has 1 aliphatic heterocycles. The van der Waals surface area contributed by atoms with Gasteiger partial charge in [-0.25, -0.2) is 0 Å². The van der Waals surface area contributed by atoms with E-state index >= 15 is 0 Å². The quantitative estimate of drug-likeness (QED) is 0.881. The molecule has 1 N–H and O–H groups in total. The molecule has 0 bridgehead atoms. The van der Waals surface area contributed by atoms with Gasteiger partial charge in [0.05, 0.1) is 24.3 Å². The fraction of sp³-hybridized carbons (Fsp3) is 0.381. The Morgan fingerprint density at radius 2 is 2.04 bits per heavy atom. The monoisotopic (exact) mass is 382 g/mol. The molecule has 2 heterocycles. The van der Waals surface area contributed by atoms with Gasteiger partial charge in [-0.05, 0) is 25.0 Å². The van der Waals surface area contributed by atoms with E-state index in [9.17, 15) is 14.4 Å². The lowest BCUT2D eigenvalue weighted by atomic mass is 9.93. The highest BCUT2D eigenvalue weighted by Crippen LogP contribution is 2.27. The molecule has 7 heteroatoms. The van der Waals surface area contributed by atoms with Crippen LogP contribution in [0.4, 0.5) is 5.69 Å². The summed E-state index contributed by atoms with van der Waals surface area (Å²) in [6.07, 6.45) is 2.44. The zero-order chi connectivity index (χ0) is 19.7. The van der Waals surface area contributed by atoms with Crippen molar-refractivity contribution in [1.82, 2.24) is 4.90 Å². The average molecular weight is 382 g/mol. The van der Waals surface area contributed by atoms with Crippen molar-refractivity contribution in [2.45, 2.75) is 32.3 Å². The van der Waals surface area contributed by atoms with Gasteiger partial charge in [0.15, 0.2) is 11.9 Å². The standard InChI is InChI=1S/C21H22N2O5/c1-13-5-2-3-6-15(13)22-20(25)18-11-23(9-10-27-18)21(26)14-12-28-17-8-4-7-16(24)19(14)17/h2-3,5-6,12,18H,4,7-11H2,1H3,(H,22,25)/t18-/m1/s1. The number of fused-ring (bicyclic) bond motifs is 1. The number of morpholine rings is 1. The number of aryl methyl sites for hydroxylation is 2. The molecular weight excluding hydrogens is 360 g/mol. The maximum absolute atomic E-state index is 13.0. The van der Waals surface area contributed by atoms with Gasteiger partial charge in [0.1, 0.15) is 12.0 Å². The van der Waals surface area contributed by atoms with Gasteiger partial charge in [0, 0.05) is 25.1 Å². The normalized spacial score (nSPS) is 19.2. The molecule has 1 aromatic heterocycles. The van der Waals surface area contributed by atoms with Crippen molar-refractivity contribution in [1.29, 1.82) is 0 Å². The second-order valence-corrected chi connectivity index (χ2v) is 7.14. The molecule has 1 aliphatic carbocycles. The number of carbonyl (C=O) groups excluding carboxylic acids is 3. The minimum absolute atomic E-state index is 0.0551. The highest BCUT2D eigenvalue weighted by molar-refractivity contribution is 6.09. The topological polar surface area (TPSA) is 88.9 Å². The molecule has 146 valence electrons. The van der Waals surface area contributed by atoms with Crippen molar-refractivity contribution >= 4 is 23.3 Å². The van der Waals surface area contributed by atoms with E-state index in [-0.39, 0.29) is 30.7 Å². The fourth-order valence-corrected chi connectivity index (χ4v) is 3.67. The highest BCUT2D eigenvalue weighted by Gasteiger charge is 2.34. The van der Waals surface area contributed by atoms with E-state index < -0.39 is 6.10 Å². The Kier molecular flexibility index (Phi) is 5.00. The van der Waals surface area contributed by atoms with Gasteiger partial charge in [-0.3, -0.25) is 14.4 Å². The average Bonchev–Trinajstić information content (AvgIpc) is 3.15. The van der Waals surface area contributed by atoms with E-state index in [0.717, 1.165) is 12.0 Å². The Morgan fingerprint density at radius 1 is 1.21 bits per heavy atom. The van der Waals surface area contributed by atoms with Crippen LogP contribution in [0.3, 0.4) is 0 Å². The molecule has 0 unspecified atom stereocenters. The number of anilines is 1. The Balaban J connectivity index is 1.47. The van der Waals surface area contributed by atoms with Crippen LogP contribution in [-0.2, 0) is 16.0 Å². The summed E-state index contributed by atoms with van der Waals surface area (Å²) in [6, 6.07) is 7.48. The highest BCUT2D eigenvalue weighted by atomic mass is 16.5. The number of ketones is 1. The lowest BCUT2D eigenvalue weighted by Crippen LogP contribution is -2.50. The van der Waals surface area contributed by atoms with Crippen molar-refractivity contribution in [3.63, 3.8) is 0 Å². The third-order valence-corrected chi connectivity index (χ3v) is 5.23. The number of furan rings is 1. The molecule has 1 aromatic carbocycles. The van der Waals surface area contributed by atoms with E-state index in [0.29, 0.717) is 42.0 Å². The van der Waals surface area contributed by atoms with Gasteiger partial charge in [-0.1, -0.05) is 18.2 Å². The van der Waals surface area contributed by atoms with Crippen LogP contribution in [0.2, 0.25) is 0 Å². The molecule has 2 aliphatic rings. The first-order valence-electron chi connectivity index (χ1n) is 9.45. The molecule has 7 nitrogen and oxygen atoms in total. The molecule has 0 spiro atoms. The summed E-state index contributed by atoms with van der Waals surface area (Å²) in [5.74, 6) is -0.0588. The van der Waals surface area contributed by atoms with Crippen LogP contribution in [0.1, 0.15) is 44.9 Å². The van der Waals surface area contributed by atoms with Crippen LogP contribution in [-0.4, -0.2) is 48.3 Å². The van der Waals surface area contributed by atoms with Gasteiger partial charge in [-0.2, -0.15) is 0 Å². The number of benzene rings is 1. The molecule has 28 heavy (non-hydrogen) atoms. The molecule has 2 amide bonds. The zero-order valence-corrected chi connectivity index (χ0v) is 15.7. The minimum atomic E-state index is -0.768. The number of Topliss-reactive ketones (excluding diaryl/α,β-unsaturated/α-hetero) is 1. The predicted molar refractivity (Wildman–Crippen MR) is 101 cm³/mol. The summed E-state index contributed by atoms with van der Waals surface area (Å²) in [5.41, 5.74) is 2.36. The Hall–Kier alpha value is -2.93. The molecule has 1 fully saturated rings. The molecular formula is C21H22N2O5. The molecule has 2 aromatic rings. The maximum Gasteiger partial charge on any atom is 0.258 e. The molecule has 1 atom stereocenters. The first-order valence-corrected chi connectivity index (χ1v) is 9.45. The molecule has 4 rings (SSSR count). The van der Waals surface area contributed by atoms with Gasteiger partial charge in [0.2, 0.25) is 0 Å². The van der Waals surface area contributed by atoms with E-state index in [2.05, 4.69) is 5.32 Å². The van der Waals surface area contributed by atoms with Gasteiger partial charge in [-0.15, -0.1) is 0 Å². The summed E-state index contributed by atoms with van der Waals surface area (Å²) >= 11 is 0. The van der Waals surface area contributed by atoms with Crippen LogP contribution >= 0.6 is 0 Å². The van der Waals surface area contributed by atoms with E-state index in [1.54, 1.807) is 4.90 Å². The summed E-state index contributed by atoms with van der Waals surface area (Å²) in [5, 5.41) is 2.86. The first-order chi connectivity index (χ1) is 13.5. The van der Waals surface area contributed by atoms with Crippen molar-refractivity contribution < 1.29 is 23.5 Å². The number of ether oxygens (including phenoxy) is 1. The van der Waals surface area contributed by atoms with Crippen molar-refractivity contribution in [2.24, 2.45) is 0 Å². The van der Waals surface area contributed by atoms with Crippen molar-refractivity contribution in [3.8, 4) is 0 Å². The number of nitrogens with zero attached hydrogens (tertiary/aromatic N) is 1. The third kappa shape index (κ3) is 3.45. The minimum Gasteiger partial charge on any atom is -0.468 e. The zero-order valence-electron chi connectivity index (χ0n) is 15.7. The molecule has 0 saturated carbocycles. The summed E-state index contributed by atoms with van der Waals surface area (Å²) in [6.45, 7) is 2.66. The van der Waals surface area contributed by atoms with Gasteiger partial charge < -0.3 is 19.4 Å². The second kappa shape index (κ2) is 7.59. The largest absolute Gasteiger partial charge is 0.468 e. The number of hydrogen-bond donors (Lipinski definition) is 1. The fourth-order valence-electron chi connectivity index (χ4n) is 3.67. The maximum atomic E-state index is 13.0. The van der Waals surface area contributed by atoms with Crippen LogP contribution in [0.5, 0.6) is 0 Å². The van der Waals surface area contributed by atoms with Crippen LogP contribution in [0.25, 0.3) is 0 Å². The lowest BCUT2D eigenvalue weighted by Gasteiger charge is -2.32. The van der Waals surface area contributed by atoms with Gasteiger partial charge >= 0.3 is 0 Å². The number of rotatable bonds is 3. The number of nitrogens with one attached hydrogen (secondary N) is 1. The Labute approximate surface area is 162 Å². The number of para-hydroxylation sites is 1. The molecule has 1 saturated heterocycles. The number of hydrogen-bond acceptors (Lipinski definition) is 5. The first kappa shape index (κ1) is 18.4. The van der Waals surface area contributed by atoms with Crippen LogP contribution < -0.4 is 5.32 Å². The second-order valence-electron chi connectivity index (χ2n) is 7.14. The number of carbonyl (C=O) groups is 3. The molecule has 0 radical (unpaired) electrons. The van der Waals surface area contributed by atoms with E-state index in [1.807, 2.05) is 31.2 Å². The lowest BCUT2D eigenvalue weighted by molar-refractivity contribution is -0.131. The summed E-state index contributed by atoms with van der Waals surface area (Å²) in [4.78, 5) is 39.4. The summed E-state index contributed by atoms with van der Waals surface area (Å²) in [7, 11) is 0. The Morgan fingerprint density at radius 3 is 2.86 bits per heavy atom. The van der Waals surface area contributed by atoms with Crippen LogP contribution in [0.15, 0.2) is 34.9 Å². The Bertz CT molecular complexity index is 933. The van der Waals surface area contributed by atoms with Gasteiger partial charge in [0.25, 0.3) is 11.8 Å². The van der Waals surface area contributed by atoms with Crippen molar-refractivity contribution in [3.05, 3.63) is 53.0 Å². The van der Waals surface area contributed by atoms with E-state index in [1.165, 1.54) is 6.26 Å². The third-order valence-electron chi connectivity index (χ3n) is 5.23. The SMILES string of the molecule is Cc1ccccc1NC(=O)[C@H]1CN(C(=O)c2coc3c2C(=O)CCC3)CCO1. The summed E-state index contributed by atoms with van der Waals surface area (Å²) < 4.78 is 11.0. The van der Waals surface area contributed by atoms with Crippen LogP contribution in [0, 0.1) is 6.92 Å². The van der Waals surface area contributed by atoms with E-state index in [4.69, 9.17) is 9.15 Å².